The molecule has 3 nitrogen and oxygen atoms in total. The molecule has 3 saturated carbocycles. The first-order valence-corrected chi connectivity index (χ1v) is 13.3. The number of fused-ring (bicyclic) bond motifs is 5. The Morgan fingerprint density at radius 3 is 2.62 bits per heavy atom. The summed E-state index contributed by atoms with van der Waals surface area (Å²) in [7, 11) is 0. The third-order valence-electron chi connectivity index (χ3n) is 10.1. The lowest BCUT2D eigenvalue weighted by molar-refractivity contribution is -0.156. The summed E-state index contributed by atoms with van der Waals surface area (Å²) in [6, 6.07) is 0. The topological polar surface area (TPSA) is 46.5 Å². The van der Waals surface area contributed by atoms with Gasteiger partial charge in [0.25, 0.3) is 0 Å². The zero-order valence-electron chi connectivity index (χ0n) is 21.4. The number of rotatable bonds is 6. The number of hydrogen-bond acceptors (Lipinski definition) is 3. The standard InChI is InChI=1S/C29H46O3/c1-19(9-8-17-27(3,4)31)23-14-15-24-22-13-12-21-10-7-11-26(32-20(2)30)29(21,6)25(22)16-18-28(23,24)5/h12-13,19,23-26,31H,7-11,14-18H2,1-6H3/t19-,23-,24+,25+,26+,28-,29+/m1/s1. The second-order valence-corrected chi connectivity index (χ2v) is 12.6. The summed E-state index contributed by atoms with van der Waals surface area (Å²) >= 11 is 0. The van der Waals surface area contributed by atoms with E-state index in [2.05, 4.69) is 32.9 Å². The van der Waals surface area contributed by atoms with Crippen LogP contribution in [0.1, 0.15) is 106 Å². The van der Waals surface area contributed by atoms with Gasteiger partial charge < -0.3 is 9.84 Å². The van der Waals surface area contributed by atoms with Crippen molar-refractivity contribution < 1.29 is 14.6 Å². The molecule has 32 heavy (non-hydrogen) atoms. The third-order valence-corrected chi connectivity index (χ3v) is 10.1. The highest BCUT2D eigenvalue weighted by atomic mass is 16.5. The summed E-state index contributed by atoms with van der Waals surface area (Å²) in [5.41, 5.74) is 2.98. The number of aliphatic hydroxyl groups is 1. The van der Waals surface area contributed by atoms with E-state index in [1.54, 1.807) is 12.5 Å². The van der Waals surface area contributed by atoms with Crippen LogP contribution in [0.15, 0.2) is 23.3 Å². The van der Waals surface area contributed by atoms with E-state index in [9.17, 15) is 9.90 Å². The van der Waals surface area contributed by atoms with Crippen molar-refractivity contribution in [2.45, 2.75) is 117 Å². The van der Waals surface area contributed by atoms with Crippen molar-refractivity contribution in [3.05, 3.63) is 23.3 Å². The second-order valence-electron chi connectivity index (χ2n) is 12.6. The number of carbonyl (C=O) groups excluding carboxylic acids is 1. The summed E-state index contributed by atoms with van der Waals surface area (Å²) in [4.78, 5) is 11.9. The lowest BCUT2D eigenvalue weighted by Gasteiger charge is -2.56. The van der Waals surface area contributed by atoms with Gasteiger partial charge in [0.15, 0.2) is 0 Å². The molecule has 0 radical (unpaired) electrons. The summed E-state index contributed by atoms with van der Waals surface area (Å²) in [5.74, 6) is 2.53. The maximum absolute atomic E-state index is 11.9. The fraction of sp³-hybridized carbons (Fsp3) is 0.828. The predicted molar refractivity (Wildman–Crippen MR) is 130 cm³/mol. The van der Waals surface area contributed by atoms with E-state index in [0.29, 0.717) is 23.2 Å². The minimum Gasteiger partial charge on any atom is -0.462 e. The maximum atomic E-state index is 11.9. The molecule has 0 spiro atoms. The van der Waals surface area contributed by atoms with Gasteiger partial charge in [0.05, 0.1) is 5.60 Å². The molecule has 0 unspecified atom stereocenters. The molecule has 0 heterocycles. The van der Waals surface area contributed by atoms with E-state index in [1.807, 2.05) is 13.8 Å². The SMILES string of the molecule is CC(=O)O[C@H]1CCCC2=CC=C3[C@@H]4CC[C@H]([C@H](C)CCCC(C)(C)O)[C@@]4(C)CC[C@@H]3[C@]21C. The molecule has 4 rings (SSSR count). The van der Waals surface area contributed by atoms with Crippen LogP contribution in [0.4, 0.5) is 0 Å². The molecule has 0 aromatic rings. The smallest absolute Gasteiger partial charge is 0.302 e. The van der Waals surface area contributed by atoms with E-state index in [-0.39, 0.29) is 17.5 Å². The Balaban J connectivity index is 1.54. The van der Waals surface area contributed by atoms with Gasteiger partial charge in [0.2, 0.25) is 0 Å². The molecule has 0 saturated heterocycles. The Morgan fingerprint density at radius 1 is 1.19 bits per heavy atom. The van der Waals surface area contributed by atoms with Crippen molar-refractivity contribution >= 4 is 5.97 Å². The molecule has 0 aliphatic heterocycles. The Kier molecular flexibility index (Phi) is 6.46. The van der Waals surface area contributed by atoms with Crippen molar-refractivity contribution in [1.82, 2.24) is 0 Å². The first-order chi connectivity index (χ1) is 15.0. The first-order valence-electron chi connectivity index (χ1n) is 13.3. The Labute approximate surface area is 196 Å². The lowest BCUT2D eigenvalue weighted by Crippen LogP contribution is -2.51. The molecule has 3 heteroatoms. The molecule has 3 fully saturated rings. The third kappa shape index (κ3) is 4.12. The van der Waals surface area contributed by atoms with Gasteiger partial charge in [-0.1, -0.05) is 56.9 Å². The molecule has 0 aromatic heterocycles. The molecular weight excluding hydrogens is 396 g/mol. The number of esters is 1. The van der Waals surface area contributed by atoms with Gasteiger partial charge >= 0.3 is 5.97 Å². The highest BCUT2D eigenvalue weighted by Crippen LogP contribution is 2.66. The summed E-state index contributed by atoms with van der Waals surface area (Å²) < 4.78 is 5.95. The molecule has 0 bridgehead atoms. The van der Waals surface area contributed by atoms with Crippen molar-refractivity contribution in [2.75, 3.05) is 0 Å². The molecule has 0 amide bonds. The van der Waals surface area contributed by atoms with Crippen LogP contribution in [0.25, 0.3) is 0 Å². The molecule has 4 aliphatic rings. The Hall–Kier alpha value is -1.09. The monoisotopic (exact) mass is 442 g/mol. The van der Waals surface area contributed by atoms with E-state index in [4.69, 9.17) is 4.74 Å². The van der Waals surface area contributed by atoms with E-state index >= 15 is 0 Å². The van der Waals surface area contributed by atoms with Crippen LogP contribution in [0.2, 0.25) is 0 Å². The van der Waals surface area contributed by atoms with Crippen LogP contribution >= 0.6 is 0 Å². The fourth-order valence-electron chi connectivity index (χ4n) is 8.45. The number of allylic oxidation sites excluding steroid dienone is 3. The Bertz CT molecular complexity index is 787. The predicted octanol–water partition coefficient (Wildman–Crippen LogP) is 6.99. The second kappa shape index (κ2) is 8.60. The van der Waals surface area contributed by atoms with E-state index in [1.165, 1.54) is 37.7 Å². The van der Waals surface area contributed by atoms with Crippen LogP contribution in [0.3, 0.4) is 0 Å². The van der Waals surface area contributed by atoms with Crippen molar-refractivity contribution in [3.63, 3.8) is 0 Å². The average Bonchev–Trinajstić information content (AvgIpc) is 3.04. The van der Waals surface area contributed by atoms with Gasteiger partial charge in [0.1, 0.15) is 6.10 Å². The first kappa shape index (κ1) is 24.0. The molecular formula is C29H46O3. The summed E-state index contributed by atoms with van der Waals surface area (Å²) in [5, 5.41) is 10.1. The summed E-state index contributed by atoms with van der Waals surface area (Å²) in [6.07, 6.45) is 16.6. The zero-order chi connectivity index (χ0) is 23.3. The van der Waals surface area contributed by atoms with Crippen molar-refractivity contribution in [3.8, 4) is 0 Å². The molecule has 4 aliphatic carbocycles. The van der Waals surface area contributed by atoms with Gasteiger partial charge in [-0.25, -0.2) is 0 Å². The van der Waals surface area contributed by atoms with Gasteiger partial charge in [-0.15, -0.1) is 0 Å². The van der Waals surface area contributed by atoms with Crippen molar-refractivity contribution in [1.29, 1.82) is 0 Å². The van der Waals surface area contributed by atoms with Crippen LogP contribution in [0.5, 0.6) is 0 Å². The van der Waals surface area contributed by atoms with Crippen molar-refractivity contribution in [2.24, 2.45) is 34.5 Å². The van der Waals surface area contributed by atoms with E-state index in [0.717, 1.165) is 38.0 Å². The molecule has 1 N–H and O–H groups in total. The van der Waals surface area contributed by atoms with Gasteiger partial charge in [-0.3, -0.25) is 4.79 Å². The minimum atomic E-state index is -0.551. The number of carbonyl (C=O) groups is 1. The Morgan fingerprint density at radius 2 is 1.94 bits per heavy atom. The normalized spacial score (nSPS) is 39.8. The molecule has 7 atom stereocenters. The lowest BCUT2D eigenvalue weighted by atomic mass is 9.49. The zero-order valence-corrected chi connectivity index (χ0v) is 21.4. The molecule has 0 aromatic carbocycles. The van der Waals surface area contributed by atoms with Crippen LogP contribution in [-0.2, 0) is 9.53 Å². The number of ether oxygens (including phenoxy) is 1. The van der Waals surface area contributed by atoms with E-state index < -0.39 is 5.60 Å². The van der Waals surface area contributed by atoms with Crippen LogP contribution < -0.4 is 0 Å². The largest absolute Gasteiger partial charge is 0.462 e. The molecule has 180 valence electrons. The fourth-order valence-corrected chi connectivity index (χ4v) is 8.45. The minimum absolute atomic E-state index is 0.0221. The number of hydrogen-bond donors (Lipinski definition) is 1. The van der Waals surface area contributed by atoms with Gasteiger partial charge in [-0.2, -0.15) is 0 Å². The maximum Gasteiger partial charge on any atom is 0.302 e. The summed E-state index contributed by atoms with van der Waals surface area (Å²) in [6.45, 7) is 12.9. The van der Waals surface area contributed by atoms with Gasteiger partial charge in [0, 0.05) is 12.3 Å². The quantitative estimate of drug-likeness (QED) is 0.451. The highest BCUT2D eigenvalue weighted by molar-refractivity contribution is 5.66. The average molecular weight is 443 g/mol. The van der Waals surface area contributed by atoms with Crippen LogP contribution in [0, 0.1) is 34.5 Å². The highest BCUT2D eigenvalue weighted by Gasteiger charge is 2.59. The van der Waals surface area contributed by atoms with Crippen LogP contribution in [-0.4, -0.2) is 22.8 Å². The van der Waals surface area contributed by atoms with Gasteiger partial charge in [-0.05, 0) is 94.3 Å².